The predicted octanol–water partition coefficient (Wildman–Crippen LogP) is 3.88. The average Bonchev–Trinajstić information content (AvgIpc) is 3.22. The summed E-state index contributed by atoms with van der Waals surface area (Å²) in [6, 6.07) is 0.451. The summed E-state index contributed by atoms with van der Waals surface area (Å²) in [7, 11) is 0. The molecule has 2 N–H and O–H groups in total. The van der Waals surface area contributed by atoms with Gasteiger partial charge >= 0.3 is 0 Å². The van der Waals surface area contributed by atoms with Crippen molar-refractivity contribution < 1.29 is 4.79 Å². The van der Waals surface area contributed by atoms with Crippen molar-refractivity contribution in [2.24, 2.45) is 29.6 Å². The van der Waals surface area contributed by atoms with Crippen molar-refractivity contribution in [1.82, 2.24) is 10.6 Å². The highest BCUT2D eigenvalue weighted by molar-refractivity contribution is 5.79. The first-order valence-corrected chi connectivity index (χ1v) is 10.8. The van der Waals surface area contributed by atoms with Crippen LogP contribution in [0.25, 0.3) is 0 Å². The predicted molar refractivity (Wildman–Crippen MR) is 97.7 cm³/mol. The van der Waals surface area contributed by atoms with E-state index in [0.717, 1.165) is 12.5 Å². The van der Waals surface area contributed by atoms with Gasteiger partial charge in [0, 0.05) is 18.5 Å². The summed E-state index contributed by atoms with van der Waals surface area (Å²) in [6.07, 6.45) is 15.9. The van der Waals surface area contributed by atoms with Crippen LogP contribution in [0.3, 0.4) is 0 Å². The van der Waals surface area contributed by atoms with Crippen LogP contribution in [0.2, 0.25) is 0 Å². The molecule has 0 aromatic rings. The fourth-order valence-corrected chi connectivity index (χ4v) is 6.41. The Balaban J connectivity index is 1.43. The van der Waals surface area contributed by atoms with E-state index >= 15 is 0 Å². The minimum absolute atomic E-state index is 0.319. The Labute approximate surface area is 147 Å². The molecule has 3 unspecified atom stereocenters. The zero-order chi connectivity index (χ0) is 16.4. The first kappa shape index (κ1) is 16.9. The van der Waals surface area contributed by atoms with Crippen LogP contribution in [0, 0.1) is 29.6 Å². The molecule has 3 saturated carbocycles. The SMILES string of the molecule is O=C(NC1CCC2CNCC21)C(C1CCCCC1)C1CCCCC1. The van der Waals surface area contributed by atoms with Gasteiger partial charge in [-0.1, -0.05) is 38.5 Å². The molecule has 1 saturated heterocycles. The smallest absolute Gasteiger partial charge is 0.223 e. The van der Waals surface area contributed by atoms with E-state index in [0.29, 0.717) is 35.6 Å². The molecule has 136 valence electrons. The minimum atomic E-state index is 0.319. The fourth-order valence-electron chi connectivity index (χ4n) is 6.41. The maximum absolute atomic E-state index is 13.4. The lowest BCUT2D eigenvalue weighted by Crippen LogP contribution is -2.47. The molecule has 0 aromatic carbocycles. The normalized spacial score (nSPS) is 35.3. The highest BCUT2D eigenvalue weighted by atomic mass is 16.2. The van der Waals surface area contributed by atoms with Crippen LogP contribution in [-0.2, 0) is 4.79 Å². The maximum Gasteiger partial charge on any atom is 0.223 e. The molecular weight excluding hydrogens is 296 g/mol. The number of nitrogens with one attached hydrogen (secondary N) is 2. The molecule has 3 nitrogen and oxygen atoms in total. The van der Waals surface area contributed by atoms with Crippen molar-refractivity contribution in [1.29, 1.82) is 0 Å². The Morgan fingerprint density at radius 2 is 1.42 bits per heavy atom. The van der Waals surface area contributed by atoms with E-state index in [1.54, 1.807) is 0 Å². The molecule has 3 heteroatoms. The van der Waals surface area contributed by atoms with Crippen molar-refractivity contribution in [3.8, 4) is 0 Å². The summed E-state index contributed by atoms with van der Waals surface area (Å²) in [4.78, 5) is 13.4. The number of hydrogen-bond donors (Lipinski definition) is 2. The molecule has 1 amide bonds. The zero-order valence-corrected chi connectivity index (χ0v) is 15.3. The molecule has 0 radical (unpaired) electrons. The first-order chi connectivity index (χ1) is 11.8. The van der Waals surface area contributed by atoms with E-state index in [-0.39, 0.29) is 0 Å². The van der Waals surface area contributed by atoms with Gasteiger partial charge in [-0.15, -0.1) is 0 Å². The van der Waals surface area contributed by atoms with Gasteiger partial charge in [-0.2, -0.15) is 0 Å². The lowest BCUT2D eigenvalue weighted by molar-refractivity contribution is -0.131. The van der Waals surface area contributed by atoms with Gasteiger partial charge in [0.15, 0.2) is 0 Å². The monoisotopic (exact) mass is 332 g/mol. The van der Waals surface area contributed by atoms with Gasteiger partial charge in [-0.05, 0) is 68.7 Å². The molecule has 1 aliphatic heterocycles. The molecule has 3 atom stereocenters. The highest BCUT2D eigenvalue weighted by Crippen LogP contribution is 2.41. The Bertz CT molecular complexity index is 408. The van der Waals surface area contributed by atoms with E-state index in [1.807, 2.05) is 0 Å². The third-order valence-corrected chi connectivity index (χ3v) is 7.70. The second-order valence-electron chi connectivity index (χ2n) is 9.10. The van der Waals surface area contributed by atoms with Gasteiger partial charge in [-0.3, -0.25) is 4.79 Å². The van der Waals surface area contributed by atoms with Crippen LogP contribution >= 0.6 is 0 Å². The molecule has 1 heterocycles. The van der Waals surface area contributed by atoms with Crippen LogP contribution < -0.4 is 10.6 Å². The topological polar surface area (TPSA) is 41.1 Å². The quantitative estimate of drug-likeness (QED) is 0.820. The molecule has 24 heavy (non-hydrogen) atoms. The van der Waals surface area contributed by atoms with Crippen molar-refractivity contribution in [3.63, 3.8) is 0 Å². The molecule has 3 aliphatic carbocycles. The Kier molecular flexibility index (Phi) is 5.46. The Morgan fingerprint density at radius 1 is 0.792 bits per heavy atom. The van der Waals surface area contributed by atoms with Crippen LogP contribution in [-0.4, -0.2) is 25.0 Å². The number of fused-ring (bicyclic) bond motifs is 1. The third-order valence-electron chi connectivity index (χ3n) is 7.70. The molecule has 0 aromatic heterocycles. The van der Waals surface area contributed by atoms with E-state index in [9.17, 15) is 4.79 Å². The fraction of sp³-hybridized carbons (Fsp3) is 0.952. The summed E-state index contributed by atoms with van der Waals surface area (Å²) in [5.74, 6) is 3.61. The third kappa shape index (κ3) is 3.52. The van der Waals surface area contributed by atoms with E-state index in [4.69, 9.17) is 0 Å². The van der Waals surface area contributed by atoms with Gasteiger partial charge in [0.05, 0.1) is 0 Å². The van der Waals surface area contributed by atoms with E-state index in [1.165, 1.54) is 83.6 Å². The van der Waals surface area contributed by atoms with Crippen molar-refractivity contribution in [2.45, 2.75) is 83.1 Å². The molecule has 4 rings (SSSR count). The molecule has 4 aliphatic rings. The van der Waals surface area contributed by atoms with Gasteiger partial charge < -0.3 is 10.6 Å². The number of carbonyl (C=O) groups is 1. The van der Waals surface area contributed by atoms with Crippen LogP contribution in [0.1, 0.15) is 77.0 Å². The second kappa shape index (κ2) is 7.76. The largest absolute Gasteiger partial charge is 0.353 e. The molecule has 0 bridgehead atoms. The number of amides is 1. The second-order valence-corrected chi connectivity index (χ2v) is 9.10. The Morgan fingerprint density at radius 3 is 2.04 bits per heavy atom. The van der Waals surface area contributed by atoms with Crippen LogP contribution in [0.15, 0.2) is 0 Å². The van der Waals surface area contributed by atoms with E-state index in [2.05, 4.69) is 10.6 Å². The highest BCUT2D eigenvalue weighted by Gasteiger charge is 2.42. The minimum Gasteiger partial charge on any atom is -0.353 e. The number of hydrogen-bond acceptors (Lipinski definition) is 2. The molecular formula is C21H36N2O. The molecule has 4 fully saturated rings. The maximum atomic E-state index is 13.4. The zero-order valence-electron chi connectivity index (χ0n) is 15.3. The lowest BCUT2D eigenvalue weighted by Gasteiger charge is -2.37. The summed E-state index contributed by atoms with van der Waals surface area (Å²) in [6.45, 7) is 2.29. The summed E-state index contributed by atoms with van der Waals surface area (Å²) in [5.41, 5.74) is 0. The van der Waals surface area contributed by atoms with Crippen molar-refractivity contribution >= 4 is 5.91 Å². The van der Waals surface area contributed by atoms with Crippen molar-refractivity contribution in [2.75, 3.05) is 13.1 Å². The Hall–Kier alpha value is -0.570. The summed E-state index contributed by atoms with van der Waals surface area (Å²) >= 11 is 0. The standard InChI is InChI=1S/C21H36N2O/c24-21(23-19-12-11-17-13-22-14-18(17)19)20(15-7-3-1-4-8-15)16-9-5-2-6-10-16/h15-20,22H,1-14H2,(H,23,24). The van der Waals surface area contributed by atoms with Crippen LogP contribution in [0.5, 0.6) is 0 Å². The van der Waals surface area contributed by atoms with Gasteiger partial charge in [0.25, 0.3) is 0 Å². The van der Waals surface area contributed by atoms with Crippen LogP contribution in [0.4, 0.5) is 0 Å². The number of carbonyl (C=O) groups excluding carboxylic acids is 1. The summed E-state index contributed by atoms with van der Waals surface area (Å²) in [5, 5.41) is 7.10. The lowest BCUT2D eigenvalue weighted by atomic mass is 9.69. The molecule has 0 spiro atoms. The van der Waals surface area contributed by atoms with Gasteiger partial charge in [0.2, 0.25) is 5.91 Å². The summed E-state index contributed by atoms with van der Waals surface area (Å²) < 4.78 is 0. The average molecular weight is 333 g/mol. The van der Waals surface area contributed by atoms with Gasteiger partial charge in [-0.25, -0.2) is 0 Å². The van der Waals surface area contributed by atoms with E-state index < -0.39 is 0 Å². The number of rotatable bonds is 4. The van der Waals surface area contributed by atoms with Gasteiger partial charge in [0.1, 0.15) is 0 Å². The first-order valence-electron chi connectivity index (χ1n) is 10.8. The van der Waals surface area contributed by atoms with Crippen molar-refractivity contribution in [3.05, 3.63) is 0 Å².